The number of para-hydroxylation sites is 1. The van der Waals surface area contributed by atoms with E-state index in [1.807, 2.05) is 24.3 Å². The summed E-state index contributed by atoms with van der Waals surface area (Å²) in [5.74, 6) is -0.569. The van der Waals surface area contributed by atoms with Gasteiger partial charge in [0, 0.05) is 31.2 Å². The van der Waals surface area contributed by atoms with Gasteiger partial charge in [-0.15, -0.1) is 0 Å². The Kier molecular flexibility index (Phi) is 4.42. The number of rotatable bonds is 5. The molecule has 3 N–H and O–H groups in total. The van der Waals surface area contributed by atoms with E-state index >= 15 is 0 Å². The van der Waals surface area contributed by atoms with Gasteiger partial charge in [0.2, 0.25) is 15.9 Å². The van der Waals surface area contributed by atoms with Gasteiger partial charge in [0.25, 0.3) is 0 Å². The standard InChI is InChI=1S/C13H18N2O4S/c14-20(18,19)9-10-7-13(17)15(8-10)12-4-2-1-3-11(12)5-6-16/h1-4,10,16H,5-9H2,(H2,14,18,19). The summed E-state index contributed by atoms with van der Waals surface area (Å²) in [6.07, 6.45) is 0.643. The Morgan fingerprint density at radius 1 is 1.35 bits per heavy atom. The van der Waals surface area contributed by atoms with Crippen LogP contribution in [0.3, 0.4) is 0 Å². The molecule has 1 aromatic rings. The number of anilines is 1. The van der Waals surface area contributed by atoms with E-state index in [2.05, 4.69) is 0 Å². The van der Waals surface area contributed by atoms with E-state index in [0.29, 0.717) is 13.0 Å². The van der Waals surface area contributed by atoms with Gasteiger partial charge < -0.3 is 10.0 Å². The first-order valence-electron chi connectivity index (χ1n) is 6.40. The molecule has 1 amide bonds. The Balaban J connectivity index is 2.20. The highest BCUT2D eigenvalue weighted by atomic mass is 32.2. The van der Waals surface area contributed by atoms with Crippen LogP contribution in [-0.2, 0) is 21.2 Å². The number of hydrogen-bond acceptors (Lipinski definition) is 4. The van der Waals surface area contributed by atoms with E-state index in [0.717, 1.165) is 11.3 Å². The van der Waals surface area contributed by atoms with Crippen LogP contribution in [-0.4, -0.2) is 38.3 Å². The molecule has 1 aliphatic rings. The van der Waals surface area contributed by atoms with Crippen molar-refractivity contribution >= 4 is 21.6 Å². The zero-order valence-electron chi connectivity index (χ0n) is 11.0. The van der Waals surface area contributed by atoms with Crippen molar-refractivity contribution < 1.29 is 18.3 Å². The Morgan fingerprint density at radius 2 is 2.05 bits per heavy atom. The second kappa shape index (κ2) is 5.90. The molecule has 0 bridgehead atoms. The minimum Gasteiger partial charge on any atom is -0.396 e. The molecule has 1 fully saturated rings. The number of nitrogens with zero attached hydrogens (tertiary/aromatic N) is 1. The van der Waals surface area contributed by atoms with Crippen LogP contribution < -0.4 is 10.0 Å². The lowest BCUT2D eigenvalue weighted by Gasteiger charge is -2.20. The fourth-order valence-electron chi connectivity index (χ4n) is 2.56. The Morgan fingerprint density at radius 3 is 2.70 bits per heavy atom. The Hall–Kier alpha value is -1.44. The number of nitrogens with two attached hydrogens (primary N) is 1. The second-order valence-corrected chi connectivity index (χ2v) is 6.67. The fourth-order valence-corrected chi connectivity index (χ4v) is 3.44. The zero-order valence-corrected chi connectivity index (χ0v) is 11.8. The molecule has 2 rings (SSSR count). The summed E-state index contributed by atoms with van der Waals surface area (Å²) >= 11 is 0. The molecule has 1 saturated heterocycles. The van der Waals surface area contributed by atoms with Gasteiger partial charge in [0.15, 0.2) is 0 Å². The van der Waals surface area contributed by atoms with Crippen LogP contribution in [0.1, 0.15) is 12.0 Å². The number of amides is 1. The molecule has 20 heavy (non-hydrogen) atoms. The van der Waals surface area contributed by atoms with Gasteiger partial charge in [-0.05, 0) is 18.1 Å². The van der Waals surface area contributed by atoms with Crippen molar-refractivity contribution in [3.05, 3.63) is 29.8 Å². The first kappa shape index (κ1) is 15.0. The summed E-state index contributed by atoms with van der Waals surface area (Å²) in [4.78, 5) is 13.6. The van der Waals surface area contributed by atoms with Gasteiger partial charge in [-0.25, -0.2) is 13.6 Å². The van der Waals surface area contributed by atoms with Gasteiger partial charge in [-0.2, -0.15) is 0 Å². The molecule has 1 heterocycles. The molecule has 1 atom stereocenters. The summed E-state index contributed by atoms with van der Waals surface area (Å²) in [6, 6.07) is 7.32. The van der Waals surface area contributed by atoms with E-state index in [9.17, 15) is 13.2 Å². The van der Waals surface area contributed by atoms with Crippen LogP contribution in [0.4, 0.5) is 5.69 Å². The number of primary sulfonamides is 1. The SMILES string of the molecule is NS(=O)(=O)CC1CC(=O)N(c2ccccc2CCO)C1. The minimum atomic E-state index is -3.58. The lowest BCUT2D eigenvalue weighted by atomic mass is 10.1. The van der Waals surface area contributed by atoms with E-state index < -0.39 is 10.0 Å². The predicted octanol–water partition coefficient (Wildman–Crippen LogP) is -0.137. The first-order valence-corrected chi connectivity index (χ1v) is 8.12. The molecule has 1 aliphatic heterocycles. The predicted molar refractivity (Wildman–Crippen MR) is 75.7 cm³/mol. The van der Waals surface area contributed by atoms with Crippen LogP contribution in [0.25, 0.3) is 0 Å². The second-order valence-electron chi connectivity index (χ2n) is 5.01. The van der Waals surface area contributed by atoms with Crippen molar-refractivity contribution in [3.8, 4) is 0 Å². The first-order chi connectivity index (χ1) is 9.40. The van der Waals surface area contributed by atoms with Gasteiger partial charge >= 0.3 is 0 Å². The molecule has 0 aromatic heterocycles. The molecule has 7 heteroatoms. The molecule has 0 saturated carbocycles. The maximum atomic E-state index is 12.1. The number of hydrogen-bond donors (Lipinski definition) is 2. The van der Waals surface area contributed by atoms with Crippen molar-refractivity contribution in [2.45, 2.75) is 12.8 Å². The fraction of sp³-hybridized carbons (Fsp3) is 0.462. The molecular weight excluding hydrogens is 280 g/mol. The maximum Gasteiger partial charge on any atom is 0.227 e. The molecule has 1 aromatic carbocycles. The number of carbonyl (C=O) groups is 1. The van der Waals surface area contributed by atoms with Crippen LogP contribution >= 0.6 is 0 Å². The molecular formula is C13H18N2O4S. The van der Waals surface area contributed by atoms with Gasteiger partial charge in [-0.3, -0.25) is 4.79 Å². The van der Waals surface area contributed by atoms with E-state index in [1.54, 1.807) is 4.90 Å². The monoisotopic (exact) mass is 298 g/mol. The van der Waals surface area contributed by atoms with Gasteiger partial charge in [0.1, 0.15) is 0 Å². The molecule has 0 radical (unpaired) electrons. The van der Waals surface area contributed by atoms with E-state index in [-0.39, 0.29) is 30.6 Å². The minimum absolute atomic E-state index is 0.000346. The summed E-state index contributed by atoms with van der Waals surface area (Å²) in [6.45, 7) is 0.345. The molecule has 110 valence electrons. The Bertz CT molecular complexity index is 600. The average Bonchev–Trinajstić information content (AvgIpc) is 2.69. The lowest BCUT2D eigenvalue weighted by molar-refractivity contribution is -0.117. The largest absolute Gasteiger partial charge is 0.396 e. The average molecular weight is 298 g/mol. The van der Waals surface area contributed by atoms with E-state index in [1.165, 1.54) is 0 Å². The van der Waals surface area contributed by atoms with Gasteiger partial charge in [-0.1, -0.05) is 18.2 Å². The molecule has 6 nitrogen and oxygen atoms in total. The highest BCUT2D eigenvalue weighted by Crippen LogP contribution is 2.28. The smallest absolute Gasteiger partial charge is 0.227 e. The molecule has 0 spiro atoms. The zero-order chi connectivity index (χ0) is 14.8. The third-order valence-corrected chi connectivity index (χ3v) is 4.27. The van der Waals surface area contributed by atoms with Gasteiger partial charge in [0.05, 0.1) is 5.75 Å². The number of carbonyl (C=O) groups excluding carboxylic acids is 1. The van der Waals surface area contributed by atoms with Crippen LogP contribution in [0.15, 0.2) is 24.3 Å². The number of benzene rings is 1. The summed E-state index contributed by atoms with van der Waals surface area (Å²) < 4.78 is 22.2. The number of sulfonamides is 1. The summed E-state index contributed by atoms with van der Waals surface area (Å²) in [5, 5.41) is 14.1. The normalized spacial score (nSPS) is 19.6. The highest BCUT2D eigenvalue weighted by Gasteiger charge is 2.33. The Labute approximate surface area is 118 Å². The molecule has 0 aliphatic carbocycles. The third-order valence-electron chi connectivity index (χ3n) is 3.34. The molecule has 1 unspecified atom stereocenters. The summed E-state index contributed by atoms with van der Waals surface area (Å²) in [7, 11) is -3.58. The third kappa shape index (κ3) is 3.56. The lowest BCUT2D eigenvalue weighted by Crippen LogP contribution is -2.28. The topological polar surface area (TPSA) is 101 Å². The van der Waals surface area contributed by atoms with Crippen LogP contribution in [0, 0.1) is 5.92 Å². The van der Waals surface area contributed by atoms with Crippen LogP contribution in [0.2, 0.25) is 0 Å². The maximum absolute atomic E-state index is 12.1. The van der Waals surface area contributed by atoms with Crippen molar-refractivity contribution in [1.29, 1.82) is 0 Å². The van der Waals surface area contributed by atoms with E-state index in [4.69, 9.17) is 10.2 Å². The quantitative estimate of drug-likeness (QED) is 0.790. The van der Waals surface area contributed by atoms with Crippen LogP contribution in [0.5, 0.6) is 0 Å². The number of aliphatic hydroxyl groups excluding tert-OH is 1. The highest BCUT2D eigenvalue weighted by molar-refractivity contribution is 7.89. The van der Waals surface area contributed by atoms with Crippen molar-refractivity contribution in [2.75, 3.05) is 23.8 Å². The van der Waals surface area contributed by atoms with Crippen molar-refractivity contribution in [1.82, 2.24) is 0 Å². The van der Waals surface area contributed by atoms with Crippen molar-refractivity contribution in [2.24, 2.45) is 11.1 Å². The van der Waals surface area contributed by atoms with Crippen molar-refractivity contribution in [3.63, 3.8) is 0 Å². The summed E-state index contributed by atoms with van der Waals surface area (Å²) in [5.41, 5.74) is 1.61. The number of aliphatic hydroxyl groups is 1.